The van der Waals surface area contributed by atoms with Crippen molar-refractivity contribution < 1.29 is 23.5 Å². The number of hydrogen-bond acceptors (Lipinski definition) is 5. The van der Waals surface area contributed by atoms with Crippen LogP contribution in [0.2, 0.25) is 0 Å². The van der Waals surface area contributed by atoms with E-state index in [9.17, 15) is 9.59 Å². The van der Waals surface area contributed by atoms with Gasteiger partial charge in [-0.15, -0.1) is 0 Å². The van der Waals surface area contributed by atoms with Crippen molar-refractivity contribution in [3.05, 3.63) is 29.5 Å². The van der Waals surface area contributed by atoms with E-state index in [-0.39, 0.29) is 24.3 Å². The molecule has 0 unspecified atom stereocenters. The van der Waals surface area contributed by atoms with E-state index in [1.54, 1.807) is 32.2 Å². The molecule has 0 fully saturated rings. The number of carbonyl (C=O) groups is 2. The second-order valence-electron chi connectivity index (χ2n) is 5.22. The van der Waals surface area contributed by atoms with E-state index in [4.69, 9.17) is 13.9 Å². The van der Waals surface area contributed by atoms with Crippen molar-refractivity contribution in [1.29, 1.82) is 0 Å². The Kier molecular flexibility index (Phi) is 4.70. The number of carbonyl (C=O) groups excluding carboxylic acids is 2. The summed E-state index contributed by atoms with van der Waals surface area (Å²) in [5, 5.41) is 3.42. The molecule has 6 heteroatoms. The van der Waals surface area contributed by atoms with Crippen molar-refractivity contribution in [2.75, 3.05) is 13.7 Å². The third-order valence-electron chi connectivity index (χ3n) is 3.11. The van der Waals surface area contributed by atoms with Gasteiger partial charge < -0.3 is 19.2 Å². The maximum atomic E-state index is 12.1. The van der Waals surface area contributed by atoms with Gasteiger partial charge >= 0.3 is 5.97 Å². The summed E-state index contributed by atoms with van der Waals surface area (Å²) in [7, 11) is 1.57. The first kappa shape index (κ1) is 15.9. The van der Waals surface area contributed by atoms with Gasteiger partial charge in [0.15, 0.2) is 6.61 Å². The molecule has 22 heavy (non-hydrogen) atoms. The van der Waals surface area contributed by atoms with Crippen LogP contribution in [-0.4, -0.2) is 31.6 Å². The zero-order chi connectivity index (χ0) is 16.3. The summed E-state index contributed by atoms with van der Waals surface area (Å²) in [5.74, 6) is -0.237. The Hall–Kier alpha value is -2.50. The fourth-order valence-electron chi connectivity index (χ4n) is 2.08. The highest BCUT2D eigenvalue weighted by molar-refractivity contribution is 5.97. The molecule has 1 aromatic heterocycles. The van der Waals surface area contributed by atoms with Gasteiger partial charge in [0.25, 0.3) is 5.91 Å². The number of amides is 1. The summed E-state index contributed by atoms with van der Waals surface area (Å²) in [6.07, 6.45) is 0. The van der Waals surface area contributed by atoms with Crippen LogP contribution in [0.1, 0.15) is 30.0 Å². The van der Waals surface area contributed by atoms with Crippen molar-refractivity contribution in [3.8, 4) is 5.75 Å². The maximum Gasteiger partial charge on any atom is 0.375 e. The third kappa shape index (κ3) is 3.39. The van der Waals surface area contributed by atoms with Gasteiger partial charge in [0.1, 0.15) is 11.3 Å². The molecule has 6 nitrogen and oxygen atoms in total. The second kappa shape index (κ2) is 6.51. The van der Waals surface area contributed by atoms with Gasteiger partial charge in [-0.1, -0.05) is 0 Å². The summed E-state index contributed by atoms with van der Waals surface area (Å²) in [4.78, 5) is 23.5. The molecule has 2 rings (SSSR count). The number of ether oxygens (including phenoxy) is 2. The molecule has 0 atom stereocenters. The van der Waals surface area contributed by atoms with Crippen molar-refractivity contribution >= 4 is 22.8 Å². The van der Waals surface area contributed by atoms with Crippen LogP contribution in [0.5, 0.6) is 5.75 Å². The molecular formula is C16H19NO5. The van der Waals surface area contributed by atoms with Gasteiger partial charge in [0.2, 0.25) is 5.76 Å². The summed E-state index contributed by atoms with van der Waals surface area (Å²) in [6, 6.07) is 5.25. The van der Waals surface area contributed by atoms with Gasteiger partial charge in [-0.3, -0.25) is 4.79 Å². The zero-order valence-corrected chi connectivity index (χ0v) is 13.1. The largest absolute Gasteiger partial charge is 0.497 e. The molecule has 0 aliphatic heterocycles. The zero-order valence-electron chi connectivity index (χ0n) is 13.1. The highest BCUT2D eigenvalue weighted by Crippen LogP contribution is 2.29. The van der Waals surface area contributed by atoms with Gasteiger partial charge in [0.05, 0.1) is 7.11 Å². The predicted molar refractivity (Wildman–Crippen MR) is 81.1 cm³/mol. The van der Waals surface area contributed by atoms with Crippen LogP contribution in [0.15, 0.2) is 22.6 Å². The van der Waals surface area contributed by atoms with E-state index in [0.29, 0.717) is 16.9 Å². The highest BCUT2D eigenvalue weighted by atomic mass is 16.5. The first-order valence-electron chi connectivity index (χ1n) is 6.96. The molecule has 0 saturated carbocycles. The summed E-state index contributed by atoms with van der Waals surface area (Å²) < 4.78 is 15.6. The van der Waals surface area contributed by atoms with Crippen LogP contribution in [-0.2, 0) is 9.53 Å². The average Bonchev–Trinajstić information content (AvgIpc) is 2.81. The van der Waals surface area contributed by atoms with Gasteiger partial charge in [-0.25, -0.2) is 4.79 Å². The summed E-state index contributed by atoms with van der Waals surface area (Å²) in [6.45, 7) is 5.08. The van der Waals surface area contributed by atoms with Gasteiger partial charge in [-0.05, 0) is 39.0 Å². The lowest BCUT2D eigenvalue weighted by Crippen LogP contribution is -2.34. The molecule has 1 N–H and O–H groups in total. The number of aryl methyl sites for hydroxylation is 1. The molecule has 2 aromatic rings. The number of benzene rings is 1. The Morgan fingerprint density at radius 2 is 2.05 bits per heavy atom. The van der Waals surface area contributed by atoms with Crippen LogP contribution in [0, 0.1) is 6.92 Å². The number of fused-ring (bicyclic) bond motifs is 1. The van der Waals surface area contributed by atoms with Crippen LogP contribution in [0.25, 0.3) is 11.0 Å². The van der Waals surface area contributed by atoms with Crippen molar-refractivity contribution in [2.24, 2.45) is 0 Å². The van der Waals surface area contributed by atoms with E-state index >= 15 is 0 Å². The van der Waals surface area contributed by atoms with E-state index in [2.05, 4.69) is 5.32 Å². The Labute approximate surface area is 128 Å². The lowest BCUT2D eigenvalue weighted by Gasteiger charge is -2.08. The topological polar surface area (TPSA) is 77.8 Å². The highest BCUT2D eigenvalue weighted by Gasteiger charge is 2.20. The standard InChI is InChI=1S/C16H19NO5/c1-9(2)17-14(18)8-21-16(19)15-10(3)12-7-11(20-4)5-6-13(12)22-15/h5-7,9H,8H2,1-4H3,(H,17,18). The number of rotatable bonds is 5. The first-order chi connectivity index (χ1) is 10.4. The second-order valence-corrected chi connectivity index (χ2v) is 5.22. The van der Waals surface area contributed by atoms with Crippen LogP contribution in [0.3, 0.4) is 0 Å². The van der Waals surface area contributed by atoms with E-state index < -0.39 is 5.97 Å². The summed E-state index contributed by atoms with van der Waals surface area (Å²) in [5.41, 5.74) is 1.22. The average molecular weight is 305 g/mol. The minimum atomic E-state index is -0.661. The SMILES string of the molecule is COc1ccc2oc(C(=O)OCC(=O)NC(C)C)c(C)c2c1. The van der Waals surface area contributed by atoms with Crippen molar-refractivity contribution in [1.82, 2.24) is 5.32 Å². The molecule has 0 bridgehead atoms. The molecule has 0 aliphatic rings. The lowest BCUT2D eigenvalue weighted by molar-refractivity contribution is -0.124. The van der Waals surface area contributed by atoms with Crippen molar-refractivity contribution in [3.63, 3.8) is 0 Å². The Balaban J connectivity index is 2.15. The normalized spacial score (nSPS) is 10.8. The molecule has 118 valence electrons. The number of methoxy groups -OCH3 is 1. The van der Waals surface area contributed by atoms with Crippen LogP contribution < -0.4 is 10.1 Å². The fraction of sp³-hybridized carbons (Fsp3) is 0.375. The molecule has 1 aromatic carbocycles. The molecular weight excluding hydrogens is 286 g/mol. The van der Waals surface area contributed by atoms with Crippen LogP contribution in [0.4, 0.5) is 0 Å². The number of hydrogen-bond donors (Lipinski definition) is 1. The monoisotopic (exact) mass is 305 g/mol. The first-order valence-corrected chi connectivity index (χ1v) is 6.96. The molecule has 0 saturated heterocycles. The predicted octanol–water partition coefficient (Wildman–Crippen LogP) is 2.43. The van der Waals surface area contributed by atoms with Gasteiger partial charge in [0, 0.05) is 17.0 Å². The Morgan fingerprint density at radius 3 is 2.68 bits per heavy atom. The lowest BCUT2D eigenvalue weighted by atomic mass is 10.1. The molecule has 1 heterocycles. The molecule has 1 amide bonds. The quantitative estimate of drug-likeness (QED) is 0.858. The number of esters is 1. The summed E-state index contributed by atoms with van der Waals surface area (Å²) >= 11 is 0. The fourth-order valence-corrected chi connectivity index (χ4v) is 2.08. The van der Waals surface area contributed by atoms with Gasteiger partial charge in [-0.2, -0.15) is 0 Å². The third-order valence-corrected chi connectivity index (χ3v) is 3.11. The Morgan fingerprint density at radius 1 is 1.32 bits per heavy atom. The molecule has 0 spiro atoms. The molecule has 0 aliphatic carbocycles. The number of furan rings is 1. The maximum absolute atomic E-state index is 12.1. The van der Waals surface area contributed by atoms with E-state index in [1.807, 2.05) is 13.8 Å². The Bertz CT molecular complexity index is 702. The smallest absolute Gasteiger partial charge is 0.375 e. The van der Waals surface area contributed by atoms with E-state index in [0.717, 1.165) is 5.39 Å². The van der Waals surface area contributed by atoms with Crippen molar-refractivity contribution in [2.45, 2.75) is 26.8 Å². The van der Waals surface area contributed by atoms with Crippen LogP contribution >= 0.6 is 0 Å². The molecule has 0 radical (unpaired) electrons. The number of nitrogens with one attached hydrogen (secondary N) is 1. The minimum Gasteiger partial charge on any atom is -0.497 e. The minimum absolute atomic E-state index is 0.00777. The van der Waals surface area contributed by atoms with E-state index in [1.165, 1.54) is 0 Å².